The lowest BCUT2D eigenvalue weighted by atomic mass is 10.2. The number of hydrogen-bond acceptors (Lipinski definition) is 3. The van der Waals surface area contributed by atoms with Crippen LogP contribution in [-0.4, -0.2) is 31.9 Å². The molecular formula is C9H10N4O2. The Balaban J connectivity index is 2.33. The Morgan fingerprint density at radius 1 is 1.80 bits per heavy atom. The lowest BCUT2D eigenvalue weighted by molar-refractivity contribution is 0.105. The van der Waals surface area contributed by atoms with E-state index in [4.69, 9.17) is 10.4 Å². The predicted octanol–water partition coefficient (Wildman–Crippen LogP) is 0.637. The van der Waals surface area contributed by atoms with Crippen molar-refractivity contribution in [2.75, 3.05) is 0 Å². The van der Waals surface area contributed by atoms with Gasteiger partial charge >= 0.3 is 6.09 Å². The maximum absolute atomic E-state index is 10.9. The summed E-state index contributed by atoms with van der Waals surface area (Å²) in [4.78, 5) is 12.2. The van der Waals surface area contributed by atoms with Crippen LogP contribution in [0, 0.1) is 11.3 Å². The van der Waals surface area contributed by atoms with Crippen molar-refractivity contribution in [3.8, 4) is 6.07 Å². The van der Waals surface area contributed by atoms with E-state index in [-0.39, 0.29) is 6.04 Å². The molecule has 1 aliphatic heterocycles. The zero-order chi connectivity index (χ0) is 11.0. The first-order valence-corrected chi connectivity index (χ1v) is 4.58. The molecule has 0 saturated heterocycles. The molecule has 1 aromatic heterocycles. The maximum Gasteiger partial charge on any atom is 0.407 e. The molecule has 0 radical (unpaired) electrons. The number of carbonyl (C=O) groups is 1. The molecular weight excluding hydrogens is 196 g/mol. The molecule has 2 rings (SSSR count). The first kappa shape index (κ1) is 9.52. The van der Waals surface area contributed by atoms with Crippen molar-refractivity contribution in [3.63, 3.8) is 0 Å². The number of nitrogens with zero attached hydrogens (tertiary/aromatic N) is 4. The quantitative estimate of drug-likeness (QED) is 0.675. The number of aromatic nitrogens is 2. The number of fused-ring (bicyclic) bond motifs is 1. The van der Waals surface area contributed by atoms with E-state index < -0.39 is 6.09 Å². The lowest BCUT2D eigenvalue weighted by Gasteiger charge is -2.31. The van der Waals surface area contributed by atoms with Crippen LogP contribution in [0.4, 0.5) is 4.79 Å². The third-order valence-electron chi connectivity index (χ3n) is 2.53. The van der Waals surface area contributed by atoms with Crippen LogP contribution in [0.5, 0.6) is 0 Å². The van der Waals surface area contributed by atoms with E-state index in [0.29, 0.717) is 18.8 Å². The van der Waals surface area contributed by atoms with Gasteiger partial charge in [-0.1, -0.05) is 0 Å². The Morgan fingerprint density at radius 3 is 3.13 bits per heavy atom. The van der Waals surface area contributed by atoms with Crippen LogP contribution in [0.15, 0.2) is 6.07 Å². The Morgan fingerprint density at radius 2 is 2.53 bits per heavy atom. The SMILES string of the molecule is C[C@@H]1Cn2nc(C#N)cc2CN1C(=O)O. The molecule has 0 unspecified atom stereocenters. The van der Waals surface area contributed by atoms with E-state index in [0.717, 1.165) is 5.69 Å². The highest BCUT2D eigenvalue weighted by Gasteiger charge is 2.27. The van der Waals surface area contributed by atoms with Gasteiger partial charge in [-0.3, -0.25) is 9.58 Å². The van der Waals surface area contributed by atoms with Crippen molar-refractivity contribution in [2.45, 2.75) is 26.1 Å². The van der Waals surface area contributed by atoms with Crippen molar-refractivity contribution in [2.24, 2.45) is 0 Å². The highest BCUT2D eigenvalue weighted by molar-refractivity contribution is 5.65. The summed E-state index contributed by atoms with van der Waals surface area (Å²) in [7, 11) is 0. The van der Waals surface area contributed by atoms with Gasteiger partial charge < -0.3 is 5.11 Å². The maximum atomic E-state index is 10.9. The van der Waals surface area contributed by atoms with Gasteiger partial charge in [0.25, 0.3) is 0 Å². The van der Waals surface area contributed by atoms with Crippen LogP contribution in [0.25, 0.3) is 0 Å². The third-order valence-corrected chi connectivity index (χ3v) is 2.53. The molecule has 1 atom stereocenters. The number of carboxylic acid groups (broad SMARTS) is 1. The summed E-state index contributed by atoms with van der Waals surface area (Å²) in [5.41, 5.74) is 1.11. The molecule has 78 valence electrons. The molecule has 6 heteroatoms. The summed E-state index contributed by atoms with van der Waals surface area (Å²) in [5, 5.41) is 21.7. The Labute approximate surface area is 86.3 Å². The minimum atomic E-state index is -0.937. The fourth-order valence-electron chi connectivity index (χ4n) is 1.73. The van der Waals surface area contributed by atoms with Gasteiger partial charge in [0.1, 0.15) is 6.07 Å². The van der Waals surface area contributed by atoms with E-state index in [1.165, 1.54) is 4.90 Å². The second-order valence-electron chi connectivity index (χ2n) is 3.57. The molecule has 2 heterocycles. The molecule has 1 aromatic rings. The van der Waals surface area contributed by atoms with Crippen LogP contribution >= 0.6 is 0 Å². The largest absolute Gasteiger partial charge is 0.465 e. The van der Waals surface area contributed by atoms with E-state index in [2.05, 4.69) is 5.10 Å². The second kappa shape index (κ2) is 3.28. The van der Waals surface area contributed by atoms with Gasteiger partial charge in [0.2, 0.25) is 0 Å². The number of nitriles is 1. The van der Waals surface area contributed by atoms with E-state index in [9.17, 15) is 4.79 Å². The predicted molar refractivity (Wildman–Crippen MR) is 50.0 cm³/mol. The van der Waals surface area contributed by atoms with Crippen LogP contribution in [0.3, 0.4) is 0 Å². The fraction of sp³-hybridized carbons (Fsp3) is 0.444. The van der Waals surface area contributed by atoms with E-state index >= 15 is 0 Å². The Hall–Kier alpha value is -2.03. The van der Waals surface area contributed by atoms with Gasteiger partial charge in [0, 0.05) is 0 Å². The number of hydrogen-bond donors (Lipinski definition) is 1. The molecule has 0 fully saturated rings. The van der Waals surface area contributed by atoms with E-state index in [1.54, 1.807) is 10.7 Å². The first-order valence-electron chi connectivity index (χ1n) is 4.58. The van der Waals surface area contributed by atoms with Crippen molar-refractivity contribution in [1.29, 1.82) is 5.26 Å². The normalized spacial score (nSPS) is 19.5. The molecule has 0 spiro atoms. The third kappa shape index (κ3) is 1.52. The topological polar surface area (TPSA) is 82.2 Å². The van der Waals surface area contributed by atoms with E-state index in [1.807, 2.05) is 13.0 Å². The monoisotopic (exact) mass is 206 g/mol. The minimum Gasteiger partial charge on any atom is -0.465 e. The van der Waals surface area contributed by atoms with Crippen molar-refractivity contribution >= 4 is 6.09 Å². The summed E-state index contributed by atoms with van der Waals surface area (Å²) < 4.78 is 1.70. The van der Waals surface area contributed by atoms with Crippen LogP contribution in [0.1, 0.15) is 18.3 Å². The molecule has 1 N–H and O–H groups in total. The molecule has 1 aliphatic rings. The smallest absolute Gasteiger partial charge is 0.407 e. The summed E-state index contributed by atoms with van der Waals surface area (Å²) in [6.45, 7) is 2.62. The summed E-state index contributed by atoms with van der Waals surface area (Å²) in [6.07, 6.45) is -0.937. The highest BCUT2D eigenvalue weighted by atomic mass is 16.4. The number of amides is 1. The van der Waals surface area contributed by atoms with Crippen molar-refractivity contribution in [3.05, 3.63) is 17.5 Å². The molecule has 0 saturated carbocycles. The average molecular weight is 206 g/mol. The van der Waals surface area contributed by atoms with Gasteiger partial charge in [-0.2, -0.15) is 10.4 Å². The zero-order valence-electron chi connectivity index (χ0n) is 8.21. The van der Waals surface area contributed by atoms with Crippen molar-refractivity contribution < 1.29 is 9.90 Å². The van der Waals surface area contributed by atoms with Gasteiger partial charge in [-0.15, -0.1) is 0 Å². The van der Waals surface area contributed by atoms with Crippen LogP contribution < -0.4 is 0 Å². The molecule has 0 aromatic carbocycles. The first-order chi connectivity index (χ1) is 7.11. The standard InChI is InChI=1S/C9H10N4O2/c1-6-4-13-8(2-7(3-10)11-13)5-12(6)9(14)15/h2,6H,4-5H2,1H3,(H,14,15)/t6-/m1/s1. The fourth-order valence-corrected chi connectivity index (χ4v) is 1.73. The molecule has 1 amide bonds. The molecule has 15 heavy (non-hydrogen) atoms. The minimum absolute atomic E-state index is 0.110. The summed E-state index contributed by atoms with van der Waals surface area (Å²) in [6, 6.07) is 3.46. The van der Waals surface area contributed by atoms with Gasteiger partial charge in [-0.25, -0.2) is 4.79 Å². The Bertz CT molecular complexity index is 445. The summed E-state index contributed by atoms with van der Waals surface area (Å²) >= 11 is 0. The molecule has 0 aliphatic carbocycles. The van der Waals surface area contributed by atoms with Gasteiger partial charge in [0.05, 0.1) is 24.8 Å². The van der Waals surface area contributed by atoms with Gasteiger partial charge in [-0.05, 0) is 13.0 Å². The lowest BCUT2D eigenvalue weighted by Crippen LogP contribution is -2.44. The van der Waals surface area contributed by atoms with Crippen LogP contribution in [0.2, 0.25) is 0 Å². The van der Waals surface area contributed by atoms with Crippen LogP contribution in [-0.2, 0) is 13.1 Å². The summed E-state index contributed by atoms with van der Waals surface area (Å²) in [5.74, 6) is 0. The van der Waals surface area contributed by atoms with Crippen molar-refractivity contribution in [1.82, 2.24) is 14.7 Å². The average Bonchev–Trinajstić information content (AvgIpc) is 2.58. The zero-order valence-corrected chi connectivity index (χ0v) is 8.21. The molecule has 6 nitrogen and oxygen atoms in total. The highest BCUT2D eigenvalue weighted by Crippen LogP contribution is 2.17. The molecule has 0 bridgehead atoms. The Kier molecular flexibility index (Phi) is 2.08. The second-order valence-corrected chi connectivity index (χ2v) is 3.57. The number of rotatable bonds is 0. The van der Waals surface area contributed by atoms with Gasteiger partial charge in [0.15, 0.2) is 5.69 Å².